The molecule has 1 heterocycles. The van der Waals surface area contributed by atoms with Crippen LogP contribution in [-0.2, 0) is 16.0 Å². The molecule has 2 N–H and O–H groups in total. The Labute approximate surface area is 112 Å². The van der Waals surface area contributed by atoms with Crippen LogP contribution in [0, 0.1) is 0 Å². The predicted molar refractivity (Wildman–Crippen MR) is 70.9 cm³/mol. The van der Waals surface area contributed by atoms with E-state index >= 15 is 0 Å². The van der Waals surface area contributed by atoms with Crippen LogP contribution in [0.5, 0.6) is 5.75 Å². The van der Waals surface area contributed by atoms with Gasteiger partial charge < -0.3 is 15.4 Å². The molecule has 0 spiro atoms. The second kappa shape index (κ2) is 6.22. The second-order valence-electron chi connectivity index (χ2n) is 4.64. The molecular weight excluding hydrogens is 244 g/mol. The first-order valence-electron chi connectivity index (χ1n) is 6.36. The monoisotopic (exact) mass is 262 g/mol. The van der Waals surface area contributed by atoms with E-state index in [9.17, 15) is 9.59 Å². The normalized spacial score (nSPS) is 17.9. The third-order valence-electron chi connectivity index (χ3n) is 3.13. The van der Waals surface area contributed by atoms with Crippen molar-refractivity contribution in [3.8, 4) is 5.75 Å². The number of amides is 2. The maximum Gasteiger partial charge on any atom is 0.224 e. The van der Waals surface area contributed by atoms with Gasteiger partial charge in [-0.1, -0.05) is 12.1 Å². The predicted octanol–water partition coefficient (Wildman–Crippen LogP) is 0.632. The molecule has 1 aliphatic rings. The van der Waals surface area contributed by atoms with Crippen LogP contribution >= 0.6 is 0 Å². The zero-order valence-electron chi connectivity index (χ0n) is 10.9. The molecule has 1 unspecified atom stereocenters. The van der Waals surface area contributed by atoms with Gasteiger partial charge >= 0.3 is 0 Å². The quantitative estimate of drug-likeness (QED) is 0.818. The van der Waals surface area contributed by atoms with Crippen LogP contribution in [0.2, 0.25) is 0 Å². The van der Waals surface area contributed by atoms with Crippen LogP contribution < -0.4 is 15.4 Å². The van der Waals surface area contributed by atoms with Crippen LogP contribution in [-0.4, -0.2) is 31.5 Å². The van der Waals surface area contributed by atoms with E-state index in [1.165, 1.54) is 0 Å². The number of nitrogens with one attached hydrogen (secondary N) is 2. The van der Waals surface area contributed by atoms with Gasteiger partial charge in [0.2, 0.25) is 11.8 Å². The van der Waals surface area contributed by atoms with Gasteiger partial charge in [-0.25, -0.2) is 0 Å². The first-order chi connectivity index (χ1) is 9.17. The fourth-order valence-corrected chi connectivity index (χ4v) is 2.10. The zero-order chi connectivity index (χ0) is 13.7. The molecule has 1 fully saturated rings. The molecule has 1 saturated heterocycles. The highest BCUT2D eigenvalue weighted by Gasteiger charge is 2.20. The summed E-state index contributed by atoms with van der Waals surface area (Å²) in [7, 11) is 1.60. The zero-order valence-corrected chi connectivity index (χ0v) is 10.9. The maximum absolute atomic E-state index is 11.8. The number of benzene rings is 1. The number of carbonyl (C=O) groups excluding carboxylic acids is 2. The van der Waals surface area contributed by atoms with Crippen LogP contribution in [0.4, 0.5) is 0 Å². The van der Waals surface area contributed by atoms with E-state index in [0.717, 1.165) is 17.7 Å². The molecule has 102 valence electrons. The summed E-state index contributed by atoms with van der Waals surface area (Å²) in [6, 6.07) is 7.51. The van der Waals surface area contributed by atoms with Gasteiger partial charge in [0.15, 0.2) is 0 Å². The molecule has 0 aliphatic carbocycles. The van der Waals surface area contributed by atoms with Crippen molar-refractivity contribution in [1.29, 1.82) is 0 Å². The Bertz CT molecular complexity index is 474. The Hall–Kier alpha value is -2.04. The lowest BCUT2D eigenvalue weighted by atomic mass is 10.1. The SMILES string of the molecule is COc1cccc(CC(=O)NCC2CCC(=O)N2)c1. The third kappa shape index (κ3) is 3.98. The van der Waals surface area contributed by atoms with Crippen molar-refractivity contribution in [1.82, 2.24) is 10.6 Å². The second-order valence-corrected chi connectivity index (χ2v) is 4.64. The summed E-state index contributed by atoms with van der Waals surface area (Å²) in [5, 5.41) is 5.65. The Balaban J connectivity index is 1.78. The molecule has 19 heavy (non-hydrogen) atoms. The first kappa shape index (κ1) is 13.4. The lowest BCUT2D eigenvalue weighted by Crippen LogP contribution is -2.38. The summed E-state index contributed by atoms with van der Waals surface area (Å²) in [6.45, 7) is 0.495. The van der Waals surface area contributed by atoms with Gasteiger partial charge in [-0.2, -0.15) is 0 Å². The average Bonchev–Trinajstić information content (AvgIpc) is 2.82. The molecule has 0 bridgehead atoms. The highest BCUT2D eigenvalue weighted by Crippen LogP contribution is 2.13. The molecule has 1 aromatic carbocycles. The topological polar surface area (TPSA) is 67.4 Å². The van der Waals surface area contributed by atoms with E-state index < -0.39 is 0 Å². The number of carbonyl (C=O) groups is 2. The summed E-state index contributed by atoms with van der Waals surface area (Å²) in [5.74, 6) is 0.759. The highest BCUT2D eigenvalue weighted by atomic mass is 16.5. The fraction of sp³-hybridized carbons (Fsp3) is 0.429. The van der Waals surface area contributed by atoms with Crippen molar-refractivity contribution in [3.63, 3.8) is 0 Å². The van der Waals surface area contributed by atoms with Crippen LogP contribution in [0.25, 0.3) is 0 Å². The lowest BCUT2D eigenvalue weighted by Gasteiger charge is -2.11. The minimum Gasteiger partial charge on any atom is -0.497 e. The third-order valence-corrected chi connectivity index (χ3v) is 3.13. The molecule has 0 radical (unpaired) electrons. The molecule has 2 amide bonds. The highest BCUT2D eigenvalue weighted by molar-refractivity contribution is 5.80. The standard InChI is InChI=1S/C14H18N2O3/c1-19-12-4-2-3-10(7-12)8-14(18)15-9-11-5-6-13(17)16-11/h2-4,7,11H,5-6,8-9H2,1H3,(H,15,18)(H,16,17). The summed E-state index contributed by atoms with van der Waals surface area (Å²) >= 11 is 0. The summed E-state index contributed by atoms with van der Waals surface area (Å²) < 4.78 is 5.11. The number of rotatable bonds is 5. The van der Waals surface area contributed by atoms with E-state index in [0.29, 0.717) is 19.4 Å². The van der Waals surface area contributed by atoms with Gasteiger partial charge in [0.1, 0.15) is 5.75 Å². The maximum atomic E-state index is 11.8. The molecule has 0 aromatic heterocycles. The van der Waals surface area contributed by atoms with Gasteiger partial charge in [-0.05, 0) is 24.1 Å². The molecular formula is C14H18N2O3. The minimum atomic E-state index is -0.0468. The summed E-state index contributed by atoms with van der Waals surface area (Å²) in [6.07, 6.45) is 1.66. The van der Waals surface area contributed by atoms with Crippen molar-refractivity contribution in [2.45, 2.75) is 25.3 Å². The van der Waals surface area contributed by atoms with Crippen LogP contribution in [0.15, 0.2) is 24.3 Å². The molecule has 1 aromatic rings. The van der Waals surface area contributed by atoms with E-state index in [1.807, 2.05) is 24.3 Å². The van der Waals surface area contributed by atoms with Crippen molar-refractivity contribution in [3.05, 3.63) is 29.8 Å². The number of hydrogen-bond donors (Lipinski definition) is 2. The van der Waals surface area contributed by atoms with E-state index in [4.69, 9.17) is 4.74 Å². The number of methoxy groups -OCH3 is 1. The van der Waals surface area contributed by atoms with Crippen molar-refractivity contribution < 1.29 is 14.3 Å². The largest absolute Gasteiger partial charge is 0.497 e. The summed E-state index contributed by atoms with van der Waals surface area (Å²) in [5.41, 5.74) is 0.910. The lowest BCUT2D eigenvalue weighted by molar-refractivity contribution is -0.121. The Kier molecular flexibility index (Phi) is 4.39. The molecule has 5 nitrogen and oxygen atoms in total. The molecule has 1 aliphatic heterocycles. The van der Waals surface area contributed by atoms with Crippen molar-refractivity contribution >= 4 is 11.8 Å². The van der Waals surface area contributed by atoms with Crippen molar-refractivity contribution in [2.24, 2.45) is 0 Å². The van der Waals surface area contributed by atoms with Crippen LogP contribution in [0.3, 0.4) is 0 Å². The fourth-order valence-electron chi connectivity index (χ4n) is 2.10. The Morgan fingerprint density at radius 2 is 2.37 bits per heavy atom. The Morgan fingerprint density at radius 3 is 3.05 bits per heavy atom. The van der Waals surface area contributed by atoms with E-state index in [-0.39, 0.29) is 17.9 Å². The van der Waals surface area contributed by atoms with Gasteiger partial charge in [0.25, 0.3) is 0 Å². The Morgan fingerprint density at radius 1 is 1.53 bits per heavy atom. The van der Waals surface area contributed by atoms with Gasteiger partial charge in [-0.15, -0.1) is 0 Å². The van der Waals surface area contributed by atoms with E-state index in [2.05, 4.69) is 10.6 Å². The molecule has 0 saturated carbocycles. The smallest absolute Gasteiger partial charge is 0.224 e. The number of hydrogen-bond acceptors (Lipinski definition) is 3. The van der Waals surface area contributed by atoms with Gasteiger partial charge in [-0.3, -0.25) is 9.59 Å². The molecule has 2 rings (SSSR count). The van der Waals surface area contributed by atoms with E-state index in [1.54, 1.807) is 7.11 Å². The minimum absolute atomic E-state index is 0.0468. The van der Waals surface area contributed by atoms with Crippen molar-refractivity contribution in [2.75, 3.05) is 13.7 Å². The van der Waals surface area contributed by atoms with Gasteiger partial charge in [0, 0.05) is 19.0 Å². The number of ether oxygens (including phenoxy) is 1. The van der Waals surface area contributed by atoms with Crippen LogP contribution in [0.1, 0.15) is 18.4 Å². The van der Waals surface area contributed by atoms with Gasteiger partial charge in [0.05, 0.1) is 13.5 Å². The summed E-state index contributed by atoms with van der Waals surface area (Å²) in [4.78, 5) is 22.8. The average molecular weight is 262 g/mol. The first-order valence-corrected chi connectivity index (χ1v) is 6.36. The molecule has 5 heteroatoms. The molecule has 1 atom stereocenters.